The standard InChI is InChI=1S/C43H75O9P/c1-3-5-7-9-11-13-15-17-18-19-20-21-22-23-25-27-29-31-33-35-43(46)52-42(40-51-53(47,48)50-38-41(45)37-44)39-49-36-34-32-30-28-26-24-16-14-12-10-8-6-4-2/h5,7,11-14,17-18,20-21,23,25,41-42,44-45H,3-4,6,8-10,15-16,19,22,24,26-40H2,1-2H3,(H,47,48)/b7-5-,13-11-,14-12-,18-17-,21-20-,25-23-. The van der Waals surface area contributed by atoms with Gasteiger partial charge in [-0.3, -0.25) is 13.8 Å². The van der Waals surface area contributed by atoms with Crippen molar-refractivity contribution in [2.75, 3.05) is 33.0 Å². The summed E-state index contributed by atoms with van der Waals surface area (Å²) in [6.07, 6.45) is 45.7. The first-order valence-electron chi connectivity index (χ1n) is 20.4. The molecule has 9 nitrogen and oxygen atoms in total. The number of carbonyl (C=O) groups excluding carboxylic acids is 1. The smallest absolute Gasteiger partial charge is 0.457 e. The molecule has 3 unspecified atom stereocenters. The van der Waals surface area contributed by atoms with Gasteiger partial charge in [0.1, 0.15) is 12.2 Å². The summed E-state index contributed by atoms with van der Waals surface area (Å²) in [6.45, 7) is 3.30. The van der Waals surface area contributed by atoms with Gasteiger partial charge in [0.25, 0.3) is 0 Å². The number of esters is 1. The van der Waals surface area contributed by atoms with Crippen LogP contribution in [0, 0.1) is 0 Å². The van der Waals surface area contributed by atoms with Gasteiger partial charge in [-0.25, -0.2) is 4.57 Å². The maximum Gasteiger partial charge on any atom is 0.472 e. The summed E-state index contributed by atoms with van der Waals surface area (Å²) in [6, 6.07) is 0. The number of aliphatic hydroxyl groups is 2. The molecule has 0 bridgehead atoms. The maximum atomic E-state index is 12.6. The van der Waals surface area contributed by atoms with Gasteiger partial charge in [0.2, 0.25) is 0 Å². The third-order valence-corrected chi connectivity index (χ3v) is 9.08. The molecule has 0 amide bonds. The first-order chi connectivity index (χ1) is 25.8. The lowest BCUT2D eigenvalue weighted by molar-refractivity contribution is -0.154. The molecule has 0 rings (SSSR count). The second-order valence-corrected chi connectivity index (χ2v) is 14.7. The Kier molecular flexibility index (Phi) is 38.0. The lowest BCUT2D eigenvalue weighted by Gasteiger charge is -2.20. The molecule has 0 spiro atoms. The van der Waals surface area contributed by atoms with Gasteiger partial charge in [-0.2, -0.15) is 0 Å². The third kappa shape index (κ3) is 39.4. The van der Waals surface area contributed by atoms with Crippen LogP contribution in [0.25, 0.3) is 0 Å². The topological polar surface area (TPSA) is 132 Å². The van der Waals surface area contributed by atoms with E-state index in [1.165, 1.54) is 44.9 Å². The van der Waals surface area contributed by atoms with Gasteiger partial charge in [-0.15, -0.1) is 0 Å². The summed E-state index contributed by atoms with van der Waals surface area (Å²) in [5.74, 6) is -0.419. The Hall–Kier alpha value is -2.10. The minimum Gasteiger partial charge on any atom is -0.457 e. The Bertz CT molecular complexity index is 1050. The van der Waals surface area contributed by atoms with Crippen LogP contribution < -0.4 is 0 Å². The van der Waals surface area contributed by atoms with Gasteiger partial charge in [-0.1, -0.05) is 132 Å². The zero-order valence-electron chi connectivity index (χ0n) is 33.2. The highest BCUT2D eigenvalue weighted by Crippen LogP contribution is 2.43. The Labute approximate surface area is 322 Å². The molecule has 306 valence electrons. The fourth-order valence-electron chi connectivity index (χ4n) is 5.02. The maximum absolute atomic E-state index is 12.6. The summed E-state index contributed by atoms with van der Waals surface area (Å²) < 4.78 is 33.3. The first-order valence-corrected chi connectivity index (χ1v) is 21.9. The molecular formula is C43H75O9P. The molecule has 0 aromatic carbocycles. The SMILES string of the molecule is CC/C=C\C/C=C\C/C=C\C/C=C\C/C=C\CCCCCC(=O)OC(COCCCCCCCC/C=C\CCCCC)COP(=O)(O)OCC(O)CO. The highest BCUT2D eigenvalue weighted by molar-refractivity contribution is 7.47. The predicted octanol–water partition coefficient (Wildman–Crippen LogP) is 11.0. The summed E-state index contributed by atoms with van der Waals surface area (Å²) in [5.41, 5.74) is 0. The van der Waals surface area contributed by atoms with Gasteiger partial charge in [0.05, 0.1) is 26.4 Å². The first kappa shape index (κ1) is 50.9. The van der Waals surface area contributed by atoms with Crippen molar-refractivity contribution in [2.24, 2.45) is 0 Å². The molecule has 3 N–H and O–H groups in total. The van der Waals surface area contributed by atoms with E-state index in [-0.39, 0.29) is 13.0 Å². The number of ether oxygens (including phenoxy) is 2. The molecule has 10 heteroatoms. The van der Waals surface area contributed by atoms with E-state index in [4.69, 9.17) is 23.6 Å². The lowest BCUT2D eigenvalue weighted by Crippen LogP contribution is -2.29. The van der Waals surface area contributed by atoms with Crippen LogP contribution in [0.15, 0.2) is 72.9 Å². The summed E-state index contributed by atoms with van der Waals surface area (Å²) in [5, 5.41) is 18.3. The molecule has 0 saturated heterocycles. The van der Waals surface area contributed by atoms with Crippen LogP contribution in [0.3, 0.4) is 0 Å². The molecular weight excluding hydrogens is 691 g/mol. The van der Waals surface area contributed by atoms with E-state index < -0.39 is 45.8 Å². The fraction of sp³-hybridized carbons (Fsp3) is 0.698. The van der Waals surface area contributed by atoms with Gasteiger partial charge in [0.15, 0.2) is 0 Å². The fourth-order valence-corrected chi connectivity index (χ4v) is 5.81. The number of carbonyl (C=O) groups is 1. The van der Waals surface area contributed by atoms with E-state index in [9.17, 15) is 19.4 Å². The Morgan fingerprint density at radius 1 is 0.604 bits per heavy atom. The quantitative estimate of drug-likeness (QED) is 0.0243. The van der Waals surface area contributed by atoms with Gasteiger partial charge >= 0.3 is 13.8 Å². The van der Waals surface area contributed by atoms with Crippen LogP contribution in [-0.4, -0.2) is 66.3 Å². The molecule has 0 aliphatic heterocycles. The summed E-state index contributed by atoms with van der Waals surface area (Å²) >= 11 is 0. The number of phosphoric ester groups is 1. The number of rotatable bonds is 38. The van der Waals surface area contributed by atoms with E-state index in [0.29, 0.717) is 13.0 Å². The van der Waals surface area contributed by atoms with Gasteiger partial charge in [-0.05, 0) is 83.5 Å². The molecule has 0 aliphatic carbocycles. The van der Waals surface area contributed by atoms with E-state index in [2.05, 4.69) is 86.8 Å². The molecule has 0 radical (unpaired) electrons. The van der Waals surface area contributed by atoms with Gasteiger partial charge < -0.3 is 24.6 Å². The molecule has 53 heavy (non-hydrogen) atoms. The van der Waals surface area contributed by atoms with Crippen molar-refractivity contribution in [3.8, 4) is 0 Å². The average molecular weight is 767 g/mol. The Morgan fingerprint density at radius 2 is 1.08 bits per heavy atom. The molecule has 0 fully saturated rings. The average Bonchev–Trinajstić information content (AvgIpc) is 3.15. The Morgan fingerprint density at radius 3 is 1.64 bits per heavy atom. The molecule has 3 atom stereocenters. The molecule has 0 aliphatic rings. The van der Waals surface area contributed by atoms with Crippen molar-refractivity contribution in [1.29, 1.82) is 0 Å². The van der Waals surface area contributed by atoms with Crippen molar-refractivity contribution in [3.05, 3.63) is 72.9 Å². The molecule has 0 aromatic heterocycles. The summed E-state index contributed by atoms with van der Waals surface area (Å²) in [7, 11) is -4.53. The second kappa shape index (κ2) is 39.6. The zero-order chi connectivity index (χ0) is 38.9. The lowest BCUT2D eigenvalue weighted by atomic mass is 10.1. The van der Waals surface area contributed by atoms with E-state index in [0.717, 1.165) is 77.0 Å². The van der Waals surface area contributed by atoms with Crippen molar-refractivity contribution < 1.29 is 43.0 Å². The molecule has 0 aromatic rings. The van der Waals surface area contributed by atoms with Crippen LogP contribution in [0.1, 0.15) is 149 Å². The van der Waals surface area contributed by atoms with Crippen LogP contribution >= 0.6 is 7.82 Å². The van der Waals surface area contributed by atoms with Crippen molar-refractivity contribution in [1.82, 2.24) is 0 Å². The third-order valence-electron chi connectivity index (χ3n) is 8.13. The minimum absolute atomic E-state index is 0.0274. The number of aliphatic hydroxyl groups excluding tert-OH is 2. The van der Waals surface area contributed by atoms with Crippen LogP contribution in [-0.2, 0) is 27.9 Å². The summed E-state index contributed by atoms with van der Waals surface area (Å²) in [4.78, 5) is 22.5. The predicted molar refractivity (Wildman–Crippen MR) is 219 cm³/mol. The normalized spacial score (nSPS) is 14.9. The molecule has 0 heterocycles. The number of allylic oxidation sites excluding steroid dienone is 12. The van der Waals surface area contributed by atoms with E-state index in [1.807, 2.05) is 0 Å². The molecule has 0 saturated carbocycles. The largest absolute Gasteiger partial charge is 0.472 e. The van der Waals surface area contributed by atoms with Crippen molar-refractivity contribution in [3.63, 3.8) is 0 Å². The minimum atomic E-state index is -4.53. The second-order valence-electron chi connectivity index (χ2n) is 13.3. The van der Waals surface area contributed by atoms with E-state index in [1.54, 1.807) is 0 Å². The van der Waals surface area contributed by atoms with E-state index >= 15 is 0 Å². The Balaban J connectivity index is 4.30. The van der Waals surface area contributed by atoms with Crippen LogP contribution in [0.2, 0.25) is 0 Å². The van der Waals surface area contributed by atoms with Crippen molar-refractivity contribution in [2.45, 2.75) is 161 Å². The van der Waals surface area contributed by atoms with Crippen LogP contribution in [0.4, 0.5) is 0 Å². The highest BCUT2D eigenvalue weighted by atomic mass is 31.2. The number of unbranched alkanes of at least 4 members (excludes halogenated alkanes) is 12. The number of phosphoric acid groups is 1. The van der Waals surface area contributed by atoms with Gasteiger partial charge in [0, 0.05) is 13.0 Å². The van der Waals surface area contributed by atoms with Crippen molar-refractivity contribution >= 4 is 13.8 Å². The highest BCUT2D eigenvalue weighted by Gasteiger charge is 2.26. The van der Waals surface area contributed by atoms with Crippen LogP contribution in [0.5, 0.6) is 0 Å². The number of hydrogen-bond donors (Lipinski definition) is 3. The number of hydrogen-bond acceptors (Lipinski definition) is 8. The zero-order valence-corrected chi connectivity index (χ0v) is 34.1. The monoisotopic (exact) mass is 767 g/mol.